The van der Waals surface area contributed by atoms with Crippen LogP contribution in [0, 0.1) is 13.8 Å². The van der Waals surface area contributed by atoms with Crippen LogP contribution in [0.4, 0.5) is 11.4 Å². The molecule has 172 valence electrons. The molecule has 2 aliphatic rings. The van der Waals surface area contributed by atoms with Crippen LogP contribution in [0.25, 0.3) is 0 Å². The average Bonchev–Trinajstić information content (AvgIpc) is 2.82. The van der Waals surface area contributed by atoms with Crippen molar-refractivity contribution in [3.05, 3.63) is 53.1 Å². The van der Waals surface area contributed by atoms with E-state index in [1.54, 1.807) is 12.1 Å². The largest absolute Gasteiger partial charge is 0.379 e. The van der Waals surface area contributed by atoms with Gasteiger partial charge >= 0.3 is 0 Å². The van der Waals surface area contributed by atoms with Gasteiger partial charge in [0.05, 0.1) is 23.7 Å². The molecule has 4 rings (SSSR count). The molecule has 0 bridgehead atoms. The Labute approximate surface area is 190 Å². The average molecular weight is 458 g/mol. The van der Waals surface area contributed by atoms with Crippen molar-refractivity contribution in [3.8, 4) is 0 Å². The molecule has 2 saturated heterocycles. The zero-order valence-corrected chi connectivity index (χ0v) is 19.6. The van der Waals surface area contributed by atoms with E-state index in [1.165, 1.54) is 16.8 Å². The quantitative estimate of drug-likeness (QED) is 0.743. The maximum absolute atomic E-state index is 13.4. The standard InChI is InChI=1S/C24H31N3O4S/c1-18-7-6-8-22(19(18)2)25-24(28)21-17-20(32(29,30)27-13-15-31-16-14-27)9-10-23(21)26-11-4-3-5-12-26/h6-10,17H,3-5,11-16H2,1-2H3,(H,25,28). The van der Waals surface area contributed by atoms with E-state index in [4.69, 9.17) is 4.74 Å². The zero-order valence-electron chi connectivity index (χ0n) is 18.8. The van der Waals surface area contributed by atoms with Gasteiger partial charge in [-0.05, 0) is 68.5 Å². The fourth-order valence-electron chi connectivity index (χ4n) is 4.28. The number of hydrogen-bond acceptors (Lipinski definition) is 5. The molecule has 7 nitrogen and oxygen atoms in total. The number of amides is 1. The molecule has 2 aromatic rings. The Hall–Kier alpha value is -2.42. The number of piperidine rings is 1. The number of carbonyl (C=O) groups excluding carboxylic acids is 1. The molecule has 2 heterocycles. The molecule has 0 spiro atoms. The van der Waals surface area contributed by atoms with E-state index in [-0.39, 0.29) is 10.8 Å². The summed E-state index contributed by atoms with van der Waals surface area (Å²) in [5, 5.41) is 3.01. The third-order valence-corrected chi connectivity index (χ3v) is 8.26. The summed E-state index contributed by atoms with van der Waals surface area (Å²) in [4.78, 5) is 15.8. The summed E-state index contributed by atoms with van der Waals surface area (Å²) < 4.78 is 33.2. The summed E-state index contributed by atoms with van der Waals surface area (Å²) in [6.45, 7) is 7.09. The molecule has 1 amide bonds. The molecule has 8 heteroatoms. The van der Waals surface area contributed by atoms with Gasteiger partial charge in [-0.2, -0.15) is 4.31 Å². The van der Waals surface area contributed by atoms with Gasteiger partial charge in [0.15, 0.2) is 0 Å². The number of ether oxygens (including phenoxy) is 1. The second-order valence-corrected chi connectivity index (χ2v) is 10.4. The Morgan fingerprint density at radius 2 is 1.69 bits per heavy atom. The minimum atomic E-state index is -3.70. The van der Waals surface area contributed by atoms with Crippen LogP contribution in [0.3, 0.4) is 0 Å². The van der Waals surface area contributed by atoms with Gasteiger partial charge in [0.2, 0.25) is 10.0 Å². The number of benzene rings is 2. The summed E-state index contributed by atoms with van der Waals surface area (Å²) in [6.07, 6.45) is 3.29. The summed E-state index contributed by atoms with van der Waals surface area (Å²) in [5.74, 6) is -0.293. The van der Waals surface area contributed by atoms with Crippen molar-refractivity contribution in [1.29, 1.82) is 0 Å². The van der Waals surface area contributed by atoms with Gasteiger partial charge in [-0.3, -0.25) is 4.79 Å². The molecular weight excluding hydrogens is 426 g/mol. The van der Waals surface area contributed by atoms with E-state index in [2.05, 4.69) is 10.2 Å². The lowest BCUT2D eigenvalue weighted by molar-refractivity contribution is 0.0730. The molecule has 0 atom stereocenters. The molecule has 0 saturated carbocycles. The number of morpholine rings is 1. The lowest BCUT2D eigenvalue weighted by atomic mass is 10.1. The number of anilines is 2. The Kier molecular flexibility index (Phi) is 6.83. The lowest BCUT2D eigenvalue weighted by Crippen LogP contribution is -2.40. The van der Waals surface area contributed by atoms with Crippen LogP contribution < -0.4 is 10.2 Å². The van der Waals surface area contributed by atoms with Crippen molar-refractivity contribution < 1.29 is 17.9 Å². The molecule has 0 radical (unpaired) electrons. The first kappa shape index (κ1) is 22.8. The second-order valence-electron chi connectivity index (χ2n) is 8.44. The van der Waals surface area contributed by atoms with Crippen LogP contribution in [0.2, 0.25) is 0 Å². The number of sulfonamides is 1. The van der Waals surface area contributed by atoms with Gasteiger partial charge in [0, 0.05) is 37.6 Å². The predicted octanol–water partition coefficient (Wildman–Crippen LogP) is 3.57. The van der Waals surface area contributed by atoms with Crippen molar-refractivity contribution in [2.24, 2.45) is 0 Å². The molecule has 0 aromatic heterocycles. The maximum Gasteiger partial charge on any atom is 0.257 e. The first-order valence-electron chi connectivity index (χ1n) is 11.2. The number of nitrogens with zero attached hydrogens (tertiary/aromatic N) is 2. The van der Waals surface area contributed by atoms with Gasteiger partial charge < -0.3 is 15.0 Å². The normalized spacial score (nSPS) is 17.9. The summed E-state index contributed by atoms with van der Waals surface area (Å²) in [6, 6.07) is 10.7. The minimum Gasteiger partial charge on any atom is -0.379 e. The van der Waals surface area contributed by atoms with Crippen LogP contribution in [0.1, 0.15) is 40.7 Å². The lowest BCUT2D eigenvalue weighted by Gasteiger charge is -2.31. The maximum atomic E-state index is 13.4. The SMILES string of the molecule is Cc1cccc(NC(=O)c2cc(S(=O)(=O)N3CCOCC3)ccc2N2CCCCC2)c1C. The first-order chi connectivity index (χ1) is 15.4. The molecule has 32 heavy (non-hydrogen) atoms. The third-order valence-electron chi connectivity index (χ3n) is 6.37. The van der Waals surface area contributed by atoms with Crippen molar-refractivity contribution in [1.82, 2.24) is 4.31 Å². The highest BCUT2D eigenvalue weighted by Crippen LogP contribution is 2.30. The van der Waals surface area contributed by atoms with Crippen molar-refractivity contribution >= 4 is 27.3 Å². The monoisotopic (exact) mass is 457 g/mol. The molecule has 0 aliphatic carbocycles. The van der Waals surface area contributed by atoms with E-state index in [9.17, 15) is 13.2 Å². The molecule has 2 fully saturated rings. The van der Waals surface area contributed by atoms with Gasteiger partial charge in [-0.25, -0.2) is 8.42 Å². The van der Waals surface area contributed by atoms with E-state index >= 15 is 0 Å². The summed E-state index contributed by atoms with van der Waals surface area (Å²) >= 11 is 0. The van der Waals surface area contributed by atoms with Gasteiger partial charge in [-0.1, -0.05) is 12.1 Å². The van der Waals surface area contributed by atoms with Gasteiger partial charge in [0.1, 0.15) is 0 Å². The van der Waals surface area contributed by atoms with Crippen LogP contribution in [-0.2, 0) is 14.8 Å². The molecule has 0 unspecified atom stereocenters. The fourth-order valence-corrected chi connectivity index (χ4v) is 5.71. The van der Waals surface area contributed by atoms with E-state index in [1.807, 2.05) is 32.0 Å². The summed E-state index contributed by atoms with van der Waals surface area (Å²) in [5.41, 5.74) is 4.00. The Balaban J connectivity index is 1.72. The van der Waals surface area contributed by atoms with E-state index < -0.39 is 10.0 Å². The molecular formula is C24H31N3O4S. The van der Waals surface area contributed by atoms with Crippen molar-refractivity contribution in [3.63, 3.8) is 0 Å². The zero-order chi connectivity index (χ0) is 22.7. The topological polar surface area (TPSA) is 79.0 Å². The highest BCUT2D eigenvalue weighted by atomic mass is 32.2. The van der Waals surface area contributed by atoms with Crippen molar-refractivity contribution in [2.75, 3.05) is 49.6 Å². The molecule has 2 aromatic carbocycles. The third kappa shape index (κ3) is 4.67. The van der Waals surface area contributed by atoms with Crippen LogP contribution >= 0.6 is 0 Å². The van der Waals surface area contributed by atoms with Crippen LogP contribution in [-0.4, -0.2) is 58.0 Å². The Morgan fingerprint density at radius 1 is 0.969 bits per heavy atom. The minimum absolute atomic E-state index is 0.145. The summed E-state index contributed by atoms with van der Waals surface area (Å²) in [7, 11) is -3.70. The van der Waals surface area contributed by atoms with Crippen LogP contribution in [0.5, 0.6) is 0 Å². The highest BCUT2D eigenvalue weighted by Gasteiger charge is 2.29. The Bertz CT molecular complexity index is 1090. The van der Waals surface area contributed by atoms with Crippen LogP contribution in [0.15, 0.2) is 41.3 Å². The Morgan fingerprint density at radius 3 is 2.41 bits per heavy atom. The van der Waals surface area contributed by atoms with Crippen molar-refractivity contribution in [2.45, 2.75) is 38.0 Å². The molecule has 1 N–H and O–H groups in total. The second kappa shape index (κ2) is 9.60. The fraction of sp³-hybridized carbons (Fsp3) is 0.458. The number of aryl methyl sites for hydroxylation is 1. The van der Waals surface area contributed by atoms with E-state index in [0.29, 0.717) is 31.9 Å². The number of hydrogen-bond donors (Lipinski definition) is 1. The number of nitrogens with one attached hydrogen (secondary N) is 1. The number of carbonyl (C=O) groups is 1. The number of rotatable bonds is 5. The molecule has 2 aliphatic heterocycles. The highest BCUT2D eigenvalue weighted by molar-refractivity contribution is 7.89. The van der Waals surface area contributed by atoms with Gasteiger partial charge in [-0.15, -0.1) is 0 Å². The smallest absolute Gasteiger partial charge is 0.257 e. The predicted molar refractivity (Wildman–Crippen MR) is 126 cm³/mol. The van der Waals surface area contributed by atoms with Gasteiger partial charge in [0.25, 0.3) is 5.91 Å². The first-order valence-corrected chi connectivity index (χ1v) is 12.7. The van der Waals surface area contributed by atoms with E-state index in [0.717, 1.165) is 48.4 Å².